The minimum Gasteiger partial charge on any atom is -0.376 e. The third kappa shape index (κ3) is 4.99. The van der Waals surface area contributed by atoms with Crippen LogP contribution in [0.25, 0.3) is 0 Å². The van der Waals surface area contributed by atoms with E-state index in [1.165, 1.54) is 11.8 Å². The molecule has 2 amide bonds. The average molecular weight is 327 g/mol. The fourth-order valence-corrected chi connectivity index (χ4v) is 2.90. The Bertz CT molecular complexity index is 528. The van der Waals surface area contributed by atoms with Crippen LogP contribution in [-0.4, -0.2) is 51.6 Å². The number of primary amides is 1. The number of nitrogens with two attached hydrogens (primary N) is 1. The minimum atomic E-state index is -0.370. The molecule has 1 saturated heterocycles. The Morgan fingerprint density at radius 2 is 2.32 bits per heavy atom. The summed E-state index contributed by atoms with van der Waals surface area (Å²) in [7, 11) is 1.81. The molecule has 0 aliphatic carbocycles. The summed E-state index contributed by atoms with van der Waals surface area (Å²) in [5.41, 5.74) is 5.12. The van der Waals surface area contributed by atoms with Gasteiger partial charge >= 0.3 is 0 Å². The van der Waals surface area contributed by atoms with E-state index in [4.69, 9.17) is 10.5 Å². The van der Waals surface area contributed by atoms with Gasteiger partial charge in [0.05, 0.1) is 11.9 Å². The molecule has 8 nitrogen and oxygen atoms in total. The predicted molar refractivity (Wildman–Crippen MR) is 81.2 cm³/mol. The molecule has 0 spiro atoms. The molecule has 22 heavy (non-hydrogen) atoms. The Hall–Kier alpha value is -1.61. The van der Waals surface area contributed by atoms with Crippen LogP contribution in [0.2, 0.25) is 0 Å². The molecular weight excluding hydrogens is 306 g/mol. The van der Waals surface area contributed by atoms with E-state index in [0.29, 0.717) is 23.9 Å². The fraction of sp³-hybridized carbons (Fsp3) is 0.692. The van der Waals surface area contributed by atoms with Crippen molar-refractivity contribution < 1.29 is 14.3 Å². The maximum absolute atomic E-state index is 11.8. The van der Waals surface area contributed by atoms with Gasteiger partial charge in [-0.1, -0.05) is 11.8 Å². The Labute approximate surface area is 133 Å². The second-order valence-corrected chi connectivity index (χ2v) is 6.09. The van der Waals surface area contributed by atoms with Gasteiger partial charge in [0.15, 0.2) is 5.16 Å². The number of nitrogens with zero attached hydrogens (tertiary/aromatic N) is 3. The summed E-state index contributed by atoms with van der Waals surface area (Å²) in [4.78, 5) is 22.6. The van der Waals surface area contributed by atoms with Crippen molar-refractivity contribution in [3.05, 3.63) is 5.82 Å². The first kappa shape index (κ1) is 16.8. The second kappa shape index (κ2) is 8.14. The lowest BCUT2D eigenvalue weighted by Gasteiger charge is -2.10. The quantitative estimate of drug-likeness (QED) is 0.630. The molecule has 0 saturated carbocycles. The van der Waals surface area contributed by atoms with E-state index >= 15 is 0 Å². The number of hydrogen-bond acceptors (Lipinski definition) is 6. The number of nitrogens with one attached hydrogen (secondary N) is 1. The molecule has 1 aliphatic heterocycles. The molecule has 3 N–H and O–H groups in total. The molecule has 0 unspecified atom stereocenters. The number of aromatic nitrogens is 3. The standard InChI is InChI=1S/C13H21N5O3S/c1-18-11(5-4-10(14)19)16-17-13(18)22-8-12(20)15-7-9-3-2-6-21-9/h9H,2-8H2,1H3,(H2,14,19)(H,15,20)/t9-/m1/s1. The van der Waals surface area contributed by atoms with E-state index in [1.54, 1.807) is 4.57 Å². The first-order valence-corrected chi connectivity index (χ1v) is 8.22. The molecule has 9 heteroatoms. The molecule has 2 heterocycles. The van der Waals surface area contributed by atoms with Crippen LogP contribution in [0, 0.1) is 0 Å². The number of aryl methyl sites for hydroxylation is 1. The number of ether oxygens (including phenoxy) is 1. The number of hydrogen-bond donors (Lipinski definition) is 2. The zero-order valence-electron chi connectivity index (χ0n) is 12.6. The van der Waals surface area contributed by atoms with Crippen molar-refractivity contribution in [2.75, 3.05) is 18.9 Å². The lowest BCUT2D eigenvalue weighted by molar-refractivity contribution is -0.119. The van der Waals surface area contributed by atoms with Crippen molar-refractivity contribution in [2.45, 2.75) is 36.9 Å². The van der Waals surface area contributed by atoms with E-state index < -0.39 is 0 Å². The third-order valence-electron chi connectivity index (χ3n) is 3.40. The number of carbonyl (C=O) groups is 2. The summed E-state index contributed by atoms with van der Waals surface area (Å²) in [6.45, 7) is 1.34. The second-order valence-electron chi connectivity index (χ2n) is 5.15. The highest BCUT2D eigenvalue weighted by molar-refractivity contribution is 7.99. The minimum absolute atomic E-state index is 0.0535. The summed E-state index contributed by atoms with van der Waals surface area (Å²) in [5, 5.41) is 11.5. The zero-order valence-corrected chi connectivity index (χ0v) is 13.4. The van der Waals surface area contributed by atoms with Gasteiger partial charge in [-0.05, 0) is 12.8 Å². The molecule has 0 aromatic carbocycles. The van der Waals surface area contributed by atoms with Gasteiger partial charge < -0.3 is 20.4 Å². The van der Waals surface area contributed by atoms with Crippen LogP contribution in [0.15, 0.2) is 5.16 Å². The lowest BCUT2D eigenvalue weighted by Crippen LogP contribution is -2.32. The summed E-state index contributed by atoms with van der Waals surface area (Å²) < 4.78 is 7.23. The number of amides is 2. The first-order valence-electron chi connectivity index (χ1n) is 7.24. The summed E-state index contributed by atoms with van der Waals surface area (Å²) in [6, 6.07) is 0. The van der Waals surface area contributed by atoms with Gasteiger partial charge in [-0.2, -0.15) is 0 Å². The van der Waals surface area contributed by atoms with E-state index in [-0.39, 0.29) is 30.1 Å². The molecule has 2 rings (SSSR count). The average Bonchev–Trinajstić information content (AvgIpc) is 3.11. The van der Waals surface area contributed by atoms with Crippen molar-refractivity contribution in [1.29, 1.82) is 0 Å². The topological polar surface area (TPSA) is 112 Å². The zero-order chi connectivity index (χ0) is 15.9. The Balaban J connectivity index is 1.73. The van der Waals surface area contributed by atoms with Crippen LogP contribution >= 0.6 is 11.8 Å². The van der Waals surface area contributed by atoms with Crippen molar-refractivity contribution in [1.82, 2.24) is 20.1 Å². The smallest absolute Gasteiger partial charge is 0.230 e. The summed E-state index contributed by atoms with van der Waals surface area (Å²) in [5.74, 6) is 0.531. The van der Waals surface area contributed by atoms with E-state index in [0.717, 1.165) is 19.4 Å². The maximum Gasteiger partial charge on any atom is 0.230 e. The van der Waals surface area contributed by atoms with Crippen molar-refractivity contribution >= 4 is 23.6 Å². The molecule has 0 bridgehead atoms. The van der Waals surface area contributed by atoms with Crippen LogP contribution < -0.4 is 11.1 Å². The molecule has 1 atom stereocenters. The van der Waals surface area contributed by atoms with Gasteiger partial charge in [-0.25, -0.2) is 0 Å². The lowest BCUT2D eigenvalue weighted by atomic mass is 10.2. The molecule has 1 aromatic rings. The van der Waals surface area contributed by atoms with Gasteiger partial charge in [0, 0.05) is 33.0 Å². The molecule has 1 aliphatic rings. The van der Waals surface area contributed by atoms with Crippen molar-refractivity contribution in [2.24, 2.45) is 12.8 Å². The number of thioether (sulfide) groups is 1. The molecule has 1 aromatic heterocycles. The first-order chi connectivity index (χ1) is 10.6. The number of rotatable bonds is 8. The Kier molecular flexibility index (Phi) is 6.20. The normalized spacial score (nSPS) is 17.6. The highest BCUT2D eigenvalue weighted by Gasteiger charge is 2.17. The van der Waals surface area contributed by atoms with Crippen molar-refractivity contribution in [3.63, 3.8) is 0 Å². The summed E-state index contributed by atoms with van der Waals surface area (Å²) >= 11 is 1.31. The highest BCUT2D eigenvalue weighted by atomic mass is 32.2. The van der Waals surface area contributed by atoms with Crippen molar-refractivity contribution in [3.8, 4) is 0 Å². The molecule has 1 fully saturated rings. The third-order valence-corrected chi connectivity index (χ3v) is 4.42. The monoisotopic (exact) mass is 327 g/mol. The van der Waals surface area contributed by atoms with Crippen LogP contribution in [-0.2, 0) is 27.8 Å². The van der Waals surface area contributed by atoms with E-state index in [2.05, 4.69) is 15.5 Å². The van der Waals surface area contributed by atoms with Gasteiger partial charge in [0.25, 0.3) is 0 Å². The van der Waals surface area contributed by atoms with Gasteiger partial charge in [0.1, 0.15) is 5.82 Å². The van der Waals surface area contributed by atoms with E-state index in [9.17, 15) is 9.59 Å². The van der Waals surface area contributed by atoms with Gasteiger partial charge in [0.2, 0.25) is 11.8 Å². The number of carbonyl (C=O) groups excluding carboxylic acids is 2. The Morgan fingerprint density at radius 3 is 3.00 bits per heavy atom. The Morgan fingerprint density at radius 1 is 1.50 bits per heavy atom. The van der Waals surface area contributed by atoms with Crippen LogP contribution in [0.3, 0.4) is 0 Å². The highest BCUT2D eigenvalue weighted by Crippen LogP contribution is 2.16. The van der Waals surface area contributed by atoms with Crippen LogP contribution in [0.1, 0.15) is 25.1 Å². The maximum atomic E-state index is 11.8. The predicted octanol–water partition coefficient (Wildman–Crippen LogP) is -0.380. The fourth-order valence-electron chi connectivity index (χ4n) is 2.14. The van der Waals surface area contributed by atoms with Gasteiger partial charge in [-0.15, -0.1) is 10.2 Å². The SMILES string of the molecule is Cn1c(CCC(N)=O)nnc1SCC(=O)NC[C@H]1CCCO1. The van der Waals surface area contributed by atoms with Crippen LogP contribution in [0.5, 0.6) is 0 Å². The van der Waals surface area contributed by atoms with Crippen LogP contribution in [0.4, 0.5) is 0 Å². The molecule has 0 radical (unpaired) electrons. The molecule has 122 valence electrons. The largest absolute Gasteiger partial charge is 0.376 e. The summed E-state index contributed by atoms with van der Waals surface area (Å²) in [6.07, 6.45) is 2.88. The molecular formula is C13H21N5O3S. The van der Waals surface area contributed by atoms with E-state index in [1.807, 2.05) is 7.05 Å². The van der Waals surface area contributed by atoms with Gasteiger partial charge in [-0.3, -0.25) is 9.59 Å².